The summed E-state index contributed by atoms with van der Waals surface area (Å²) in [5, 5.41) is 2.66. The van der Waals surface area contributed by atoms with Gasteiger partial charge in [-0.1, -0.05) is 13.0 Å². The number of rotatable bonds is 0. The third-order valence-corrected chi connectivity index (χ3v) is 2.41. The topological polar surface area (TPSA) is 0 Å². The molecule has 3 heteroatoms. The molecule has 2 aromatic carbocycles. The molecule has 0 N–H and O–H groups in total. The molecule has 2 aromatic rings. The van der Waals surface area contributed by atoms with Gasteiger partial charge in [0, 0.05) is 0 Å². The number of halogens is 2. The first-order valence-corrected chi connectivity index (χ1v) is 11.9. The van der Waals surface area contributed by atoms with Gasteiger partial charge in [0.25, 0.3) is 0 Å². The first kappa shape index (κ1) is 15.8. The maximum atomic E-state index is 4.93. The molecule has 18 heavy (non-hydrogen) atoms. The van der Waals surface area contributed by atoms with Crippen molar-refractivity contribution in [2.24, 2.45) is 0 Å². The van der Waals surface area contributed by atoms with Crippen molar-refractivity contribution in [3.05, 3.63) is 66.3 Å². The summed E-state index contributed by atoms with van der Waals surface area (Å²) in [6.07, 6.45) is 8.33. The van der Waals surface area contributed by atoms with E-state index in [-0.39, 0.29) is 0 Å². The first-order valence-electron chi connectivity index (χ1n) is 5.58. The van der Waals surface area contributed by atoms with Crippen LogP contribution >= 0.6 is 17.0 Å². The molecule has 92 valence electrons. The first-order chi connectivity index (χ1) is 8.77. The molecule has 0 bridgehead atoms. The zero-order valence-corrected chi connectivity index (χ0v) is 14.1. The average Bonchev–Trinajstić information content (AvgIpc) is 3.01. The molecule has 0 atom stereocenters. The minimum absolute atomic E-state index is 0.826. The molecule has 0 aliphatic heterocycles. The monoisotopic (exact) mass is 354 g/mol. The van der Waals surface area contributed by atoms with Gasteiger partial charge in [-0.3, -0.25) is 6.08 Å². The fourth-order valence-electron chi connectivity index (χ4n) is 1.58. The molecule has 0 spiro atoms. The van der Waals surface area contributed by atoms with Gasteiger partial charge >= 0.3 is 37.9 Å². The zero-order valence-electron chi connectivity index (χ0n) is 10.2. The quantitative estimate of drug-likeness (QED) is 0.537. The number of hydrogen-bond acceptors (Lipinski definition) is 0. The summed E-state index contributed by atoms with van der Waals surface area (Å²) in [6.45, 7) is 2.06. The molecule has 3 rings (SSSR count). The summed E-state index contributed by atoms with van der Waals surface area (Å²) < 4.78 is 0. The molecule has 0 radical (unpaired) electrons. The van der Waals surface area contributed by atoms with Gasteiger partial charge in [-0.2, -0.15) is 23.6 Å². The van der Waals surface area contributed by atoms with Crippen LogP contribution in [0.4, 0.5) is 0 Å². The largest absolute Gasteiger partial charge is 0.168 e. The number of benzene rings is 1. The standard InChI is InChI=1S/C9H7.C6H7.2ClH.Zr/c1-2-5-9-7-3-6-8(9)4-1;1-6-4-2-3-5-6;;;/h1-7H;2,4H,3H2,1H3;2*1H;/q2*-1;;;+4/p-2. The minimum Gasteiger partial charge on any atom is -0.168 e. The van der Waals surface area contributed by atoms with Gasteiger partial charge in [0.2, 0.25) is 0 Å². The minimum atomic E-state index is -0.826. The Morgan fingerprint density at radius 3 is 2.44 bits per heavy atom. The molecule has 1 aliphatic rings. The molecule has 0 nitrogen and oxygen atoms in total. The van der Waals surface area contributed by atoms with Gasteiger partial charge in [0.05, 0.1) is 0 Å². The number of fused-ring (bicyclic) bond motifs is 1. The van der Waals surface area contributed by atoms with E-state index in [2.05, 4.69) is 67.6 Å². The third-order valence-electron chi connectivity index (χ3n) is 2.41. The fourth-order valence-corrected chi connectivity index (χ4v) is 1.58. The Morgan fingerprint density at radius 1 is 1.22 bits per heavy atom. The van der Waals surface area contributed by atoms with Crippen molar-refractivity contribution in [3.8, 4) is 0 Å². The normalized spacial score (nSPS) is 11.8. The summed E-state index contributed by atoms with van der Waals surface area (Å²) >= 11 is -0.826. The Kier molecular flexibility index (Phi) is 8.50. The van der Waals surface area contributed by atoms with E-state index in [4.69, 9.17) is 17.0 Å². The summed E-state index contributed by atoms with van der Waals surface area (Å²) in [5.74, 6) is 0. The van der Waals surface area contributed by atoms with E-state index in [1.54, 1.807) is 0 Å². The van der Waals surface area contributed by atoms with Crippen LogP contribution in [-0.2, 0) is 20.8 Å². The Balaban J connectivity index is 0.000000157. The van der Waals surface area contributed by atoms with Crippen molar-refractivity contribution in [2.75, 3.05) is 0 Å². The van der Waals surface area contributed by atoms with Crippen LogP contribution in [0.15, 0.2) is 60.2 Å². The van der Waals surface area contributed by atoms with E-state index in [0.29, 0.717) is 0 Å². The summed E-state index contributed by atoms with van der Waals surface area (Å²) in [7, 11) is 9.87. The molecule has 1 aliphatic carbocycles. The molecule has 0 amide bonds. The molecule has 0 heterocycles. The summed E-state index contributed by atoms with van der Waals surface area (Å²) in [4.78, 5) is 0. The van der Waals surface area contributed by atoms with E-state index in [1.165, 1.54) is 16.3 Å². The predicted octanol–water partition coefficient (Wildman–Crippen LogP) is 5.63. The number of allylic oxidation sites excluding steroid dienone is 4. The number of hydrogen-bond donors (Lipinski definition) is 0. The molecule has 0 unspecified atom stereocenters. The van der Waals surface area contributed by atoms with Gasteiger partial charge in [-0.15, -0.1) is 36.1 Å². The van der Waals surface area contributed by atoms with Crippen molar-refractivity contribution >= 4 is 27.8 Å². The predicted molar refractivity (Wildman–Crippen MR) is 77.4 cm³/mol. The molecule has 0 fully saturated rings. The van der Waals surface area contributed by atoms with Crippen LogP contribution in [0.25, 0.3) is 10.8 Å². The van der Waals surface area contributed by atoms with Crippen LogP contribution < -0.4 is 0 Å². The average molecular weight is 356 g/mol. The molecule has 0 aromatic heterocycles. The van der Waals surface area contributed by atoms with Crippen molar-refractivity contribution in [1.82, 2.24) is 0 Å². The Morgan fingerprint density at radius 2 is 1.94 bits per heavy atom. The van der Waals surface area contributed by atoms with Crippen LogP contribution in [0, 0.1) is 6.08 Å². The smallest absolute Gasteiger partial charge is 0.0809 e. The van der Waals surface area contributed by atoms with E-state index in [0.717, 1.165) is 6.42 Å². The van der Waals surface area contributed by atoms with Gasteiger partial charge in [-0.05, 0) is 0 Å². The second-order valence-corrected chi connectivity index (χ2v) is 7.42. The second-order valence-electron chi connectivity index (χ2n) is 3.69. The summed E-state index contributed by atoms with van der Waals surface area (Å²) in [6, 6.07) is 14.7. The van der Waals surface area contributed by atoms with Crippen molar-refractivity contribution in [2.45, 2.75) is 13.3 Å². The maximum Gasteiger partial charge on any atom is -0.0809 e. The van der Waals surface area contributed by atoms with Crippen molar-refractivity contribution in [1.29, 1.82) is 0 Å². The summed E-state index contributed by atoms with van der Waals surface area (Å²) in [5.41, 5.74) is 1.27. The zero-order chi connectivity index (χ0) is 13.2. The van der Waals surface area contributed by atoms with Crippen LogP contribution in [-0.4, -0.2) is 0 Å². The molecule has 0 saturated carbocycles. The van der Waals surface area contributed by atoms with Gasteiger partial charge in [0.15, 0.2) is 0 Å². The molecular formula is C15H14Cl2Zr. The van der Waals surface area contributed by atoms with E-state index in [9.17, 15) is 0 Å². The molecular weight excluding hydrogens is 342 g/mol. The Labute approximate surface area is 127 Å². The van der Waals surface area contributed by atoms with E-state index in [1.807, 2.05) is 0 Å². The van der Waals surface area contributed by atoms with Crippen LogP contribution in [0.1, 0.15) is 13.3 Å². The van der Waals surface area contributed by atoms with Gasteiger partial charge in [0.1, 0.15) is 0 Å². The van der Waals surface area contributed by atoms with Gasteiger partial charge < -0.3 is 0 Å². The second kappa shape index (κ2) is 9.67. The molecule has 0 saturated heterocycles. The van der Waals surface area contributed by atoms with Gasteiger partial charge in [-0.25, -0.2) is 11.6 Å². The van der Waals surface area contributed by atoms with E-state index < -0.39 is 20.8 Å². The Bertz CT molecular complexity index is 479. The van der Waals surface area contributed by atoms with Crippen LogP contribution in [0.3, 0.4) is 0 Å². The maximum absolute atomic E-state index is 4.93. The van der Waals surface area contributed by atoms with Crippen molar-refractivity contribution in [3.63, 3.8) is 0 Å². The van der Waals surface area contributed by atoms with E-state index >= 15 is 0 Å². The Hall–Kier alpha value is -0.227. The SMILES string of the molecule is CC1=[C-]CC=C1.[Cl][Zr+2][Cl].c1ccc2[cH-]ccc2c1. The van der Waals surface area contributed by atoms with Crippen molar-refractivity contribution < 1.29 is 20.8 Å². The van der Waals surface area contributed by atoms with Crippen LogP contribution in [0.5, 0.6) is 0 Å². The fraction of sp³-hybridized carbons (Fsp3) is 0.133. The third kappa shape index (κ3) is 6.09. The van der Waals surface area contributed by atoms with Crippen LogP contribution in [0.2, 0.25) is 0 Å².